The number of anilines is 2. The van der Waals surface area contributed by atoms with Gasteiger partial charge in [-0.25, -0.2) is 0 Å². The van der Waals surface area contributed by atoms with Crippen LogP contribution in [0.25, 0.3) is 0 Å². The van der Waals surface area contributed by atoms with Crippen LogP contribution in [0.3, 0.4) is 0 Å². The zero-order valence-corrected chi connectivity index (χ0v) is 13.8. The van der Waals surface area contributed by atoms with Crippen LogP contribution in [-0.4, -0.2) is 23.6 Å². The first-order chi connectivity index (χ1) is 8.81. The summed E-state index contributed by atoms with van der Waals surface area (Å²) in [6.07, 6.45) is 0.109. The first-order valence-corrected chi connectivity index (χ1v) is 7.75. The van der Waals surface area contributed by atoms with Gasteiger partial charge in [0.1, 0.15) is 0 Å². The Bertz CT molecular complexity index is 378. The molecule has 0 atom stereocenters. The van der Waals surface area contributed by atoms with Gasteiger partial charge in [-0.2, -0.15) is 4.37 Å². The van der Waals surface area contributed by atoms with Crippen LogP contribution in [0.5, 0.6) is 5.75 Å². The molecule has 0 saturated heterocycles. The molecule has 0 saturated carbocycles. The molecule has 0 aliphatic rings. The minimum atomic E-state index is 0.109. The van der Waals surface area contributed by atoms with Crippen molar-refractivity contribution in [1.29, 1.82) is 0 Å². The van der Waals surface area contributed by atoms with Gasteiger partial charge in [-0.1, -0.05) is 27.7 Å². The second-order valence-electron chi connectivity index (χ2n) is 6.06. The maximum Gasteiger partial charge on any atom is 0.198 e. The molecule has 0 aliphatic heterocycles. The summed E-state index contributed by atoms with van der Waals surface area (Å²) in [6.45, 7) is 14.9. The van der Waals surface area contributed by atoms with Crippen molar-refractivity contribution in [3.05, 3.63) is 0 Å². The highest BCUT2D eigenvalue weighted by molar-refractivity contribution is 7.11. The van der Waals surface area contributed by atoms with Crippen molar-refractivity contribution in [1.82, 2.24) is 4.37 Å². The summed E-state index contributed by atoms with van der Waals surface area (Å²) in [5, 5.41) is 1.06. The largest absolute Gasteiger partial charge is 0.484 e. The summed E-state index contributed by atoms with van der Waals surface area (Å²) in [6, 6.07) is 0. The van der Waals surface area contributed by atoms with E-state index >= 15 is 0 Å². The number of nitrogens with two attached hydrogens (primary N) is 1. The third-order valence-electron chi connectivity index (χ3n) is 2.47. The molecule has 1 heterocycles. The van der Waals surface area contributed by atoms with Crippen molar-refractivity contribution in [2.24, 2.45) is 11.8 Å². The Morgan fingerprint density at radius 2 is 1.63 bits per heavy atom. The van der Waals surface area contributed by atoms with Gasteiger partial charge in [0.25, 0.3) is 0 Å². The van der Waals surface area contributed by atoms with Crippen molar-refractivity contribution in [3.8, 4) is 5.75 Å². The van der Waals surface area contributed by atoms with Gasteiger partial charge in [0, 0.05) is 13.1 Å². The maximum atomic E-state index is 5.94. The van der Waals surface area contributed by atoms with Crippen LogP contribution >= 0.6 is 11.5 Å². The lowest BCUT2D eigenvalue weighted by atomic mass is 10.1. The van der Waals surface area contributed by atoms with Gasteiger partial charge >= 0.3 is 0 Å². The maximum absolute atomic E-state index is 5.94. The van der Waals surface area contributed by atoms with Crippen LogP contribution in [0.4, 0.5) is 10.8 Å². The van der Waals surface area contributed by atoms with E-state index in [4.69, 9.17) is 10.5 Å². The summed E-state index contributed by atoms with van der Waals surface area (Å²) in [4.78, 5) is 2.35. The number of hydrogen-bond donors (Lipinski definition) is 1. The summed E-state index contributed by atoms with van der Waals surface area (Å²) >= 11 is 1.44. The molecule has 1 aromatic rings. The first kappa shape index (κ1) is 16.1. The van der Waals surface area contributed by atoms with E-state index in [0.29, 0.717) is 17.7 Å². The minimum Gasteiger partial charge on any atom is -0.484 e. The summed E-state index contributed by atoms with van der Waals surface area (Å²) in [7, 11) is 0. The molecule has 0 spiro atoms. The van der Waals surface area contributed by atoms with E-state index in [2.05, 4.69) is 37.0 Å². The van der Waals surface area contributed by atoms with Crippen LogP contribution in [0.15, 0.2) is 0 Å². The average Bonchev–Trinajstić information content (AvgIpc) is 2.57. The third-order valence-corrected chi connectivity index (χ3v) is 3.37. The Hall–Kier alpha value is -0.970. The molecule has 110 valence electrons. The van der Waals surface area contributed by atoms with Gasteiger partial charge in [0.05, 0.1) is 6.10 Å². The number of nitrogens with zero attached hydrogens (tertiary/aromatic N) is 2. The van der Waals surface area contributed by atoms with E-state index < -0.39 is 0 Å². The van der Waals surface area contributed by atoms with Crippen LogP contribution in [0, 0.1) is 11.8 Å². The molecule has 0 fully saturated rings. The molecule has 19 heavy (non-hydrogen) atoms. The molecule has 0 amide bonds. The van der Waals surface area contributed by atoms with Crippen LogP contribution in [0.1, 0.15) is 41.5 Å². The molecule has 0 unspecified atom stereocenters. The lowest BCUT2D eigenvalue weighted by Gasteiger charge is -2.27. The zero-order valence-electron chi connectivity index (χ0n) is 12.9. The van der Waals surface area contributed by atoms with Gasteiger partial charge in [0.15, 0.2) is 16.6 Å². The zero-order chi connectivity index (χ0) is 14.6. The van der Waals surface area contributed by atoms with Gasteiger partial charge < -0.3 is 15.4 Å². The summed E-state index contributed by atoms with van der Waals surface area (Å²) < 4.78 is 10.1. The van der Waals surface area contributed by atoms with Crippen molar-refractivity contribution in [3.63, 3.8) is 0 Å². The number of aromatic nitrogens is 1. The standard InChI is InChI=1S/C14H27N3OS/c1-9(2)7-17(8-10(3)4)14-12(18-11(5)6)13(15)16-19-14/h9-11H,7-8H2,1-6H3,(H2,15,16). The smallest absolute Gasteiger partial charge is 0.198 e. The molecular weight excluding hydrogens is 258 g/mol. The third kappa shape index (κ3) is 4.90. The fourth-order valence-electron chi connectivity index (χ4n) is 1.95. The van der Waals surface area contributed by atoms with E-state index in [9.17, 15) is 0 Å². The SMILES string of the molecule is CC(C)CN(CC(C)C)c1snc(N)c1OC(C)C. The predicted octanol–water partition coefficient (Wildman–Crippen LogP) is 3.63. The molecule has 0 radical (unpaired) electrons. The molecule has 0 aromatic carbocycles. The molecular formula is C14H27N3OS. The highest BCUT2D eigenvalue weighted by Gasteiger charge is 2.21. The second kappa shape index (κ2) is 6.98. The molecule has 1 rings (SSSR count). The molecule has 4 nitrogen and oxygen atoms in total. The van der Waals surface area contributed by atoms with Crippen LogP contribution in [-0.2, 0) is 0 Å². The second-order valence-corrected chi connectivity index (χ2v) is 6.81. The summed E-state index contributed by atoms with van der Waals surface area (Å²) in [5.41, 5.74) is 5.94. The quantitative estimate of drug-likeness (QED) is 0.831. The van der Waals surface area contributed by atoms with Gasteiger partial charge in [-0.15, -0.1) is 0 Å². The highest BCUT2D eigenvalue weighted by atomic mass is 32.1. The van der Waals surface area contributed by atoms with Crippen molar-refractivity contribution >= 4 is 22.4 Å². The van der Waals surface area contributed by atoms with Gasteiger partial charge in [0.2, 0.25) is 0 Å². The molecule has 0 aliphatic carbocycles. The lowest BCUT2D eigenvalue weighted by Crippen LogP contribution is -2.31. The first-order valence-electron chi connectivity index (χ1n) is 6.98. The molecule has 5 heteroatoms. The topological polar surface area (TPSA) is 51.4 Å². The number of hydrogen-bond acceptors (Lipinski definition) is 5. The number of rotatable bonds is 7. The molecule has 0 bridgehead atoms. The highest BCUT2D eigenvalue weighted by Crippen LogP contribution is 2.39. The average molecular weight is 285 g/mol. The molecule has 1 aromatic heterocycles. The van der Waals surface area contributed by atoms with E-state index in [-0.39, 0.29) is 6.10 Å². The summed E-state index contributed by atoms with van der Waals surface area (Å²) in [5.74, 6) is 2.44. The fraction of sp³-hybridized carbons (Fsp3) is 0.786. The van der Waals surface area contributed by atoms with Crippen molar-refractivity contribution in [2.45, 2.75) is 47.6 Å². The van der Waals surface area contributed by atoms with E-state index in [0.717, 1.165) is 23.8 Å². The van der Waals surface area contributed by atoms with Gasteiger partial charge in [-0.3, -0.25) is 0 Å². The monoisotopic (exact) mass is 285 g/mol. The van der Waals surface area contributed by atoms with E-state index in [1.54, 1.807) is 0 Å². The molecule has 2 N–H and O–H groups in total. The predicted molar refractivity (Wildman–Crippen MR) is 84.2 cm³/mol. The lowest BCUT2D eigenvalue weighted by molar-refractivity contribution is 0.244. The number of nitrogen functional groups attached to an aromatic ring is 1. The minimum absolute atomic E-state index is 0.109. The number of ether oxygens (including phenoxy) is 1. The Kier molecular flexibility index (Phi) is 5.91. The normalized spacial score (nSPS) is 11.6. The van der Waals surface area contributed by atoms with Crippen LogP contribution in [0.2, 0.25) is 0 Å². The Morgan fingerprint density at radius 1 is 1.11 bits per heavy atom. The Morgan fingerprint density at radius 3 is 2.05 bits per heavy atom. The van der Waals surface area contributed by atoms with Crippen molar-refractivity contribution in [2.75, 3.05) is 23.7 Å². The Balaban J connectivity index is 3.00. The van der Waals surface area contributed by atoms with Crippen molar-refractivity contribution < 1.29 is 4.74 Å². The van der Waals surface area contributed by atoms with Crippen LogP contribution < -0.4 is 15.4 Å². The fourth-order valence-corrected chi connectivity index (χ4v) is 2.72. The van der Waals surface area contributed by atoms with E-state index in [1.807, 2.05) is 13.8 Å². The Labute approximate surface area is 121 Å². The van der Waals surface area contributed by atoms with Gasteiger partial charge in [-0.05, 0) is 37.2 Å². The van der Waals surface area contributed by atoms with E-state index in [1.165, 1.54) is 11.5 Å².